The van der Waals surface area contributed by atoms with Gasteiger partial charge in [0.05, 0.1) is 12.5 Å². The van der Waals surface area contributed by atoms with Gasteiger partial charge >= 0.3 is 6.09 Å². The van der Waals surface area contributed by atoms with Gasteiger partial charge in [0.25, 0.3) is 0 Å². The van der Waals surface area contributed by atoms with Gasteiger partial charge in [-0.25, -0.2) is 9.78 Å². The number of amidine groups is 1. The lowest BCUT2D eigenvalue weighted by Crippen LogP contribution is -2.42. The van der Waals surface area contributed by atoms with E-state index in [-0.39, 0.29) is 36.1 Å². The first-order chi connectivity index (χ1) is 13.2. The van der Waals surface area contributed by atoms with Crippen LogP contribution in [-0.2, 0) is 16.0 Å². The molecule has 2 aliphatic rings. The van der Waals surface area contributed by atoms with Crippen LogP contribution in [0, 0.1) is 12.8 Å². The number of ether oxygens (including phenoxy) is 1. The Labute approximate surface area is 169 Å². The van der Waals surface area contributed by atoms with Crippen molar-refractivity contribution >= 4 is 29.2 Å². The lowest BCUT2D eigenvalue weighted by molar-refractivity contribution is -0.119. The minimum atomic E-state index is -0.362. The Morgan fingerprint density at radius 3 is 2.82 bits per heavy atom. The molecule has 1 unspecified atom stereocenters. The molecule has 3 N–H and O–H groups in total. The number of aromatic nitrogens is 1. The third kappa shape index (κ3) is 5.92. The van der Waals surface area contributed by atoms with Gasteiger partial charge in [0.1, 0.15) is 16.9 Å². The molecule has 2 amide bonds. The summed E-state index contributed by atoms with van der Waals surface area (Å²) in [5.74, 6) is 0.937. The number of hydrazone groups is 1. The molecule has 1 fully saturated rings. The first kappa shape index (κ1) is 20.6. The number of carbonyl (C=O) groups excluding carboxylic acids is 2. The molecular weight excluding hydrogens is 378 g/mol. The molecule has 2 heterocycles. The summed E-state index contributed by atoms with van der Waals surface area (Å²) >= 11 is 1.53. The number of nitrogens with zero attached hydrogens (tertiary/aromatic N) is 2. The Hall–Kier alpha value is -2.16. The predicted octanol–water partition coefficient (Wildman–Crippen LogP) is 2.48. The number of aryl methyl sites for hydroxylation is 1. The molecule has 1 aromatic heterocycles. The monoisotopic (exact) mass is 407 g/mol. The lowest BCUT2D eigenvalue weighted by atomic mass is 9.96. The molecule has 3 atom stereocenters. The van der Waals surface area contributed by atoms with E-state index in [1.54, 1.807) is 6.20 Å². The standard InChI is InChI=1S/C19H29N5O3S/c1-11-10-20-17(28-11)9-16(25)21-15-8-14(23-24-15)12-5-6-13(7-12)27-18(26)22-19(2,3)4/h10,12-14,23H,5-9H2,1-4H3,(H,22,26)(H,21,24,25)/t12-,13+,14?/m0/s1. The number of thiazole rings is 1. The smallest absolute Gasteiger partial charge is 0.407 e. The van der Waals surface area contributed by atoms with Crippen LogP contribution in [0.15, 0.2) is 11.3 Å². The van der Waals surface area contributed by atoms with E-state index in [0.29, 0.717) is 18.2 Å². The maximum atomic E-state index is 12.2. The van der Waals surface area contributed by atoms with Crippen molar-refractivity contribution in [1.29, 1.82) is 0 Å². The van der Waals surface area contributed by atoms with Crippen molar-refractivity contribution in [2.24, 2.45) is 11.0 Å². The summed E-state index contributed by atoms with van der Waals surface area (Å²) in [4.78, 5) is 29.4. The highest BCUT2D eigenvalue weighted by molar-refractivity contribution is 7.11. The zero-order valence-corrected chi connectivity index (χ0v) is 17.7. The molecule has 1 saturated carbocycles. The van der Waals surface area contributed by atoms with Gasteiger partial charge in [0.15, 0.2) is 0 Å². The summed E-state index contributed by atoms with van der Waals surface area (Å²) in [6.07, 6.45) is 4.92. The Balaban J connectivity index is 1.40. The van der Waals surface area contributed by atoms with Crippen LogP contribution in [0.25, 0.3) is 0 Å². The highest BCUT2D eigenvalue weighted by Gasteiger charge is 2.36. The van der Waals surface area contributed by atoms with Crippen molar-refractivity contribution < 1.29 is 14.3 Å². The normalized spacial score (nSPS) is 24.4. The molecule has 1 aliphatic heterocycles. The molecule has 0 saturated heterocycles. The number of nitrogens with one attached hydrogen (secondary N) is 3. The lowest BCUT2D eigenvalue weighted by Gasteiger charge is -2.22. The number of alkyl carbamates (subject to hydrolysis) is 1. The van der Waals surface area contributed by atoms with Gasteiger partial charge in [-0.3, -0.25) is 4.79 Å². The number of rotatable bonds is 4. The predicted molar refractivity (Wildman–Crippen MR) is 108 cm³/mol. The second-order valence-electron chi connectivity index (χ2n) is 8.56. The van der Waals surface area contributed by atoms with Gasteiger partial charge in [0.2, 0.25) is 5.91 Å². The zero-order chi connectivity index (χ0) is 20.3. The third-order valence-electron chi connectivity index (χ3n) is 4.79. The summed E-state index contributed by atoms with van der Waals surface area (Å²) in [5, 5.41) is 10.8. The highest BCUT2D eigenvalue weighted by atomic mass is 32.1. The molecule has 8 nitrogen and oxygen atoms in total. The SMILES string of the molecule is Cc1cnc(CC(=O)NC2=NNC([C@H]3CC[C@@H](OC(=O)NC(C)(C)C)C3)C2)s1. The van der Waals surface area contributed by atoms with Crippen LogP contribution >= 0.6 is 11.3 Å². The molecular formula is C19H29N5O3S. The van der Waals surface area contributed by atoms with Crippen molar-refractivity contribution in [2.75, 3.05) is 0 Å². The molecule has 154 valence electrons. The van der Waals surface area contributed by atoms with E-state index in [1.807, 2.05) is 27.7 Å². The first-order valence-electron chi connectivity index (χ1n) is 9.70. The Morgan fingerprint density at radius 1 is 1.36 bits per heavy atom. The molecule has 0 radical (unpaired) electrons. The van der Waals surface area contributed by atoms with E-state index in [4.69, 9.17) is 4.74 Å². The Bertz CT molecular complexity index is 755. The van der Waals surface area contributed by atoms with E-state index in [2.05, 4.69) is 26.1 Å². The van der Waals surface area contributed by atoms with E-state index in [1.165, 1.54) is 11.3 Å². The van der Waals surface area contributed by atoms with Crippen LogP contribution in [0.1, 0.15) is 56.3 Å². The van der Waals surface area contributed by atoms with Gasteiger partial charge < -0.3 is 20.8 Å². The molecule has 28 heavy (non-hydrogen) atoms. The maximum Gasteiger partial charge on any atom is 0.407 e. The maximum absolute atomic E-state index is 12.2. The van der Waals surface area contributed by atoms with E-state index in [0.717, 1.165) is 29.1 Å². The average Bonchev–Trinajstić information content (AvgIpc) is 3.27. The fourth-order valence-electron chi connectivity index (χ4n) is 3.57. The average molecular weight is 408 g/mol. The molecule has 3 rings (SSSR count). The van der Waals surface area contributed by atoms with Crippen molar-refractivity contribution in [1.82, 2.24) is 21.0 Å². The molecule has 0 bridgehead atoms. The summed E-state index contributed by atoms with van der Waals surface area (Å²) in [6, 6.07) is 0.164. The number of hydrogen-bond acceptors (Lipinski definition) is 7. The van der Waals surface area contributed by atoms with Crippen LogP contribution in [0.2, 0.25) is 0 Å². The van der Waals surface area contributed by atoms with Gasteiger partial charge in [-0.2, -0.15) is 5.10 Å². The molecule has 1 aliphatic carbocycles. The van der Waals surface area contributed by atoms with E-state index < -0.39 is 0 Å². The van der Waals surface area contributed by atoms with Gasteiger partial charge in [-0.05, 0) is 52.9 Å². The topological polar surface area (TPSA) is 105 Å². The highest BCUT2D eigenvalue weighted by Crippen LogP contribution is 2.32. The second kappa shape index (κ2) is 8.46. The quantitative estimate of drug-likeness (QED) is 0.711. The van der Waals surface area contributed by atoms with Crippen molar-refractivity contribution in [3.8, 4) is 0 Å². The van der Waals surface area contributed by atoms with E-state index in [9.17, 15) is 9.59 Å². The Kier molecular flexibility index (Phi) is 6.22. The van der Waals surface area contributed by atoms with Crippen LogP contribution in [0.3, 0.4) is 0 Å². The number of amides is 2. The molecule has 1 aromatic rings. The zero-order valence-electron chi connectivity index (χ0n) is 16.9. The molecule has 9 heteroatoms. The van der Waals surface area contributed by atoms with Gasteiger partial charge in [0, 0.05) is 23.0 Å². The summed E-state index contributed by atoms with van der Waals surface area (Å²) in [7, 11) is 0. The van der Waals surface area contributed by atoms with Gasteiger partial charge in [-0.15, -0.1) is 11.3 Å². The largest absolute Gasteiger partial charge is 0.446 e. The fourth-order valence-corrected chi connectivity index (χ4v) is 4.36. The van der Waals surface area contributed by atoms with Crippen molar-refractivity contribution in [2.45, 2.75) is 77.5 Å². The molecule has 0 spiro atoms. The fraction of sp³-hybridized carbons (Fsp3) is 0.684. The first-order valence-corrected chi connectivity index (χ1v) is 10.5. The number of carbonyl (C=O) groups is 2. The van der Waals surface area contributed by atoms with Crippen LogP contribution < -0.4 is 16.1 Å². The molecule has 0 aromatic carbocycles. The summed E-state index contributed by atoms with van der Waals surface area (Å²) in [5.41, 5.74) is 2.83. The van der Waals surface area contributed by atoms with Crippen molar-refractivity contribution in [3.05, 3.63) is 16.1 Å². The minimum Gasteiger partial charge on any atom is -0.446 e. The summed E-state index contributed by atoms with van der Waals surface area (Å²) in [6.45, 7) is 7.75. The number of hydrogen-bond donors (Lipinski definition) is 3. The Morgan fingerprint density at radius 2 is 2.14 bits per heavy atom. The van der Waals surface area contributed by atoms with Crippen LogP contribution in [-0.4, -0.2) is 40.5 Å². The van der Waals surface area contributed by atoms with Crippen LogP contribution in [0.4, 0.5) is 4.79 Å². The minimum absolute atomic E-state index is 0.0686. The second-order valence-corrected chi connectivity index (χ2v) is 9.88. The third-order valence-corrected chi connectivity index (χ3v) is 5.70. The van der Waals surface area contributed by atoms with Crippen LogP contribution in [0.5, 0.6) is 0 Å². The van der Waals surface area contributed by atoms with Crippen molar-refractivity contribution in [3.63, 3.8) is 0 Å². The summed E-state index contributed by atoms with van der Waals surface area (Å²) < 4.78 is 5.55. The van der Waals surface area contributed by atoms with E-state index >= 15 is 0 Å². The van der Waals surface area contributed by atoms with Gasteiger partial charge in [-0.1, -0.05) is 0 Å².